The summed E-state index contributed by atoms with van der Waals surface area (Å²) in [5, 5.41) is 3.29. The predicted octanol–water partition coefficient (Wildman–Crippen LogP) is 1.83. The Kier molecular flexibility index (Phi) is 6.43. The minimum atomic E-state index is 0.630. The zero-order valence-corrected chi connectivity index (χ0v) is 10.8. The molecule has 0 bridgehead atoms. The second-order valence-electron chi connectivity index (χ2n) is 3.55. The van der Waals surface area contributed by atoms with Crippen LogP contribution >= 0.6 is 0 Å². The molecule has 0 aliphatic rings. The number of benzene rings is 1. The van der Waals surface area contributed by atoms with E-state index in [-0.39, 0.29) is 0 Å². The van der Waals surface area contributed by atoms with Gasteiger partial charge in [-0.05, 0) is 13.0 Å². The molecule has 0 saturated heterocycles. The van der Waals surface area contributed by atoms with Crippen molar-refractivity contribution >= 4 is 0 Å². The average Bonchev–Trinajstić information content (AvgIpc) is 2.36. The molecule has 4 nitrogen and oxygen atoms in total. The van der Waals surface area contributed by atoms with Crippen molar-refractivity contribution in [3.63, 3.8) is 0 Å². The lowest BCUT2D eigenvalue weighted by molar-refractivity contribution is 0.199. The van der Waals surface area contributed by atoms with Crippen molar-refractivity contribution in [3.8, 4) is 11.5 Å². The van der Waals surface area contributed by atoms with Crippen LogP contribution in [0.1, 0.15) is 12.5 Å². The predicted molar refractivity (Wildman–Crippen MR) is 67.7 cm³/mol. The van der Waals surface area contributed by atoms with E-state index in [1.165, 1.54) is 0 Å². The van der Waals surface area contributed by atoms with E-state index >= 15 is 0 Å². The Balaban J connectivity index is 2.68. The summed E-state index contributed by atoms with van der Waals surface area (Å²) in [7, 11) is 3.35. The van der Waals surface area contributed by atoms with Crippen molar-refractivity contribution in [1.82, 2.24) is 5.32 Å². The molecule has 1 aromatic rings. The number of methoxy groups -OCH3 is 2. The highest BCUT2D eigenvalue weighted by Gasteiger charge is 2.09. The molecular formula is C13H21NO3. The number of nitrogens with one attached hydrogen (secondary N) is 1. The minimum Gasteiger partial charge on any atom is -0.493 e. The average molecular weight is 239 g/mol. The second-order valence-corrected chi connectivity index (χ2v) is 3.55. The summed E-state index contributed by atoms with van der Waals surface area (Å²) in [5.74, 6) is 1.60. The highest BCUT2D eigenvalue weighted by atomic mass is 16.5. The van der Waals surface area contributed by atoms with Gasteiger partial charge in [-0.25, -0.2) is 0 Å². The first-order valence-electron chi connectivity index (χ1n) is 5.81. The monoisotopic (exact) mass is 239 g/mol. The topological polar surface area (TPSA) is 39.7 Å². The van der Waals surface area contributed by atoms with Gasteiger partial charge in [-0.3, -0.25) is 0 Å². The minimum absolute atomic E-state index is 0.630. The lowest BCUT2D eigenvalue weighted by atomic mass is 10.2. The van der Waals surface area contributed by atoms with Crippen LogP contribution in [0.25, 0.3) is 0 Å². The Labute approximate surface area is 103 Å². The summed E-state index contributed by atoms with van der Waals surface area (Å²) >= 11 is 0. The molecule has 0 aliphatic heterocycles. The van der Waals surface area contributed by atoms with Crippen molar-refractivity contribution < 1.29 is 14.2 Å². The van der Waals surface area contributed by atoms with E-state index in [0.29, 0.717) is 13.2 Å². The van der Waals surface area contributed by atoms with Gasteiger partial charge in [0.1, 0.15) is 0 Å². The molecule has 0 atom stereocenters. The van der Waals surface area contributed by atoms with Gasteiger partial charge in [0, 0.05) is 25.8 Å². The standard InChI is InChI=1S/C13H21NO3/c1-4-17-13-11(10-14-8-9-15-2)6-5-7-12(13)16-3/h5-7,14H,4,8-10H2,1-3H3. The molecule has 0 saturated carbocycles. The Hall–Kier alpha value is -1.26. The maximum Gasteiger partial charge on any atom is 0.165 e. The van der Waals surface area contributed by atoms with Gasteiger partial charge in [0.05, 0.1) is 20.3 Å². The van der Waals surface area contributed by atoms with Crippen LogP contribution in [0, 0.1) is 0 Å². The number of rotatable bonds is 8. The van der Waals surface area contributed by atoms with Crippen LogP contribution in [-0.2, 0) is 11.3 Å². The first-order valence-corrected chi connectivity index (χ1v) is 5.81. The van der Waals surface area contributed by atoms with Gasteiger partial charge < -0.3 is 19.5 Å². The number of hydrogen-bond acceptors (Lipinski definition) is 4. The largest absolute Gasteiger partial charge is 0.493 e. The van der Waals surface area contributed by atoms with E-state index in [9.17, 15) is 0 Å². The van der Waals surface area contributed by atoms with Crippen molar-refractivity contribution in [3.05, 3.63) is 23.8 Å². The fourth-order valence-electron chi connectivity index (χ4n) is 1.57. The van der Waals surface area contributed by atoms with Crippen LogP contribution in [0.3, 0.4) is 0 Å². The van der Waals surface area contributed by atoms with E-state index in [1.54, 1.807) is 14.2 Å². The quantitative estimate of drug-likeness (QED) is 0.703. The van der Waals surface area contributed by atoms with Crippen LogP contribution < -0.4 is 14.8 Å². The fraction of sp³-hybridized carbons (Fsp3) is 0.538. The van der Waals surface area contributed by atoms with Crippen LogP contribution in [0.4, 0.5) is 0 Å². The smallest absolute Gasteiger partial charge is 0.165 e. The van der Waals surface area contributed by atoms with Gasteiger partial charge in [0.2, 0.25) is 0 Å². The Morgan fingerprint density at radius 1 is 1.24 bits per heavy atom. The lowest BCUT2D eigenvalue weighted by Gasteiger charge is -2.14. The molecule has 17 heavy (non-hydrogen) atoms. The molecule has 0 heterocycles. The third kappa shape index (κ3) is 4.24. The van der Waals surface area contributed by atoms with Gasteiger partial charge >= 0.3 is 0 Å². The Morgan fingerprint density at radius 3 is 2.71 bits per heavy atom. The Morgan fingerprint density at radius 2 is 2.06 bits per heavy atom. The highest BCUT2D eigenvalue weighted by Crippen LogP contribution is 2.30. The SMILES string of the molecule is CCOc1c(CNCCOC)cccc1OC. The van der Waals surface area contributed by atoms with Crippen molar-refractivity contribution in [2.75, 3.05) is 34.0 Å². The van der Waals surface area contributed by atoms with Gasteiger partial charge in [-0.2, -0.15) is 0 Å². The Bertz CT molecular complexity index is 328. The molecule has 0 amide bonds. The number of para-hydroxylation sites is 1. The maximum atomic E-state index is 5.62. The van der Waals surface area contributed by atoms with Crippen molar-refractivity contribution in [2.24, 2.45) is 0 Å². The number of hydrogen-bond donors (Lipinski definition) is 1. The van der Waals surface area contributed by atoms with Crippen LogP contribution in [0.15, 0.2) is 18.2 Å². The van der Waals surface area contributed by atoms with E-state index < -0.39 is 0 Å². The van der Waals surface area contributed by atoms with Crippen molar-refractivity contribution in [1.29, 1.82) is 0 Å². The van der Waals surface area contributed by atoms with Crippen LogP contribution in [0.5, 0.6) is 11.5 Å². The summed E-state index contributed by atoms with van der Waals surface area (Å²) in [6, 6.07) is 5.91. The summed E-state index contributed by atoms with van der Waals surface area (Å²) in [6.07, 6.45) is 0. The lowest BCUT2D eigenvalue weighted by Crippen LogP contribution is -2.19. The van der Waals surface area contributed by atoms with E-state index in [2.05, 4.69) is 5.32 Å². The molecule has 0 unspecified atom stereocenters. The molecule has 0 aromatic heterocycles. The normalized spacial score (nSPS) is 10.3. The third-order valence-corrected chi connectivity index (χ3v) is 2.37. The van der Waals surface area contributed by atoms with Crippen LogP contribution in [0.2, 0.25) is 0 Å². The molecule has 1 aromatic carbocycles. The second kappa shape index (κ2) is 7.92. The summed E-state index contributed by atoms with van der Waals surface area (Å²) in [4.78, 5) is 0. The molecule has 0 radical (unpaired) electrons. The summed E-state index contributed by atoms with van der Waals surface area (Å²) in [5.41, 5.74) is 1.10. The van der Waals surface area contributed by atoms with E-state index in [1.807, 2.05) is 25.1 Å². The molecule has 0 fully saturated rings. The highest BCUT2D eigenvalue weighted by molar-refractivity contribution is 5.46. The molecular weight excluding hydrogens is 218 g/mol. The molecule has 0 spiro atoms. The van der Waals surface area contributed by atoms with Crippen LogP contribution in [-0.4, -0.2) is 34.0 Å². The summed E-state index contributed by atoms with van der Waals surface area (Å²) in [6.45, 7) is 4.86. The fourth-order valence-corrected chi connectivity index (χ4v) is 1.57. The first-order chi connectivity index (χ1) is 8.33. The maximum absolute atomic E-state index is 5.62. The number of ether oxygens (including phenoxy) is 3. The van der Waals surface area contributed by atoms with Gasteiger partial charge in [-0.1, -0.05) is 12.1 Å². The zero-order valence-electron chi connectivity index (χ0n) is 10.8. The van der Waals surface area contributed by atoms with Gasteiger partial charge in [0.15, 0.2) is 11.5 Å². The van der Waals surface area contributed by atoms with Gasteiger partial charge in [-0.15, -0.1) is 0 Å². The van der Waals surface area contributed by atoms with Gasteiger partial charge in [0.25, 0.3) is 0 Å². The van der Waals surface area contributed by atoms with E-state index in [4.69, 9.17) is 14.2 Å². The zero-order chi connectivity index (χ0) is 12.5. The molecule has 4 heteroatoms. The summed E-state index contributed by atoms with van der Waals surface area (Å²) < 4.78 is 15.9. The third-order valence-electron chi connectivity index (χ3n) is 2.37. The van der Waals surface area contributed by atoms with E-state index in [0.717, 1.165) is 30.2 Å². The first kappa shape index (κ1) is 13.8. The molecule has 1 rings (SSSR count). The molecule has 0 aliphatic carbocycles. The molecule has 96 valence electrons. The van der Waals surface area contributed by atoms with Crippen molar-refractivity contribution in [2.45, 2.75) is 13.5 Å². The molecule has 1 N–H and O–H groups in total.